The van der Waals surface area contributed by atoms with E-state index >= 15 is 0 Å². The van der Waals surface area contributed by atoms with Gasteiger partial charge in [0.1, 0.15) is 0 Å². The summed E-state index contributed by atoms with van der Waals surface area (Å²) < 4.78 is 5.14. The molecule has 0 atom stereocenters. The predicted octanol–water partition coefficient (Wildman–Crippen LogP) is 2.88. The summed E-state index contributed by atoms with van der Waals surface area (Å²) in [6.07, 6.45) is 6.51. The van der Waals surface area contributed by atoms with Gasteiger partial charge >= 0.3 is 5.97 Å². The SMILES string of the molecule is CCOC(=O)C1=CC=C2c3ccccc3C3(CC3)CN2C1. The van der Waals surface area contributed by atoms with E-state index in [-0.39, 0.29) is 5.97 Å². The quantitative estimate of drug-likeness (QED) is 0.781. The molecule has 3 aliphatic rings. The molecule has 1 spiro atoms. The minimum atomic E-state index is -0.184. The molecule has 21 heavy (non-hydrogen) atoms. The molecule has 3 heteroatoms. The summed E-state index contributed by atoms with van der Waals surface area (Å²) in [5, 5.41) is 0. The highest BCUT2D eigenvalue weighted by molar-refractivity contribution is 5.91. The molecule has 2 heterocycles. The minimum absolute atomic E-state index is 0.184. The van der Waals surface area contributed by atoms with Gasteiger partial charge in [0.25, 0.3) is 0 Å². The maximum absolute atomic E-state index is 11.9. The average Bonchev–Trinajstić information content (AvgIpc) is 3.27. The maximum Gasteiger partial charge on any atom is 0.335 e. The highest BCUT2D eigenvalue weighted by Crippen LogP contribution is 2.54. The van der Waals surface area contributed by atoms with Crippen molar-refractivity contribution in [3.8, 4) is 0 Å². The van der Waals surface area contributed by atoms with Crippen molar-refractivity contribution in [2.45, 2.75) is 25.2 Å². The molecule has 0 N–H and O–H groups in total. The van der Waals surface area contributed by atoms with Crippen molar-refractivity contribution in [3.63, 3.8) is 0 Å². The van der Waals surface area contributed by atoms with E-state index in [1.54, 1.807) is 0 Å². The van der Waals surface area contributed by atoms with Gasteiger partial charge in [-0.15, -0.1) is 0 Å². The Kier molecular flexibility index (Phi) is 2.71. The second-order valence-corrected chi connectivity index (χ2v) is 6.15. The molecule has 1 aliphatic carbocycles. The van der Waals surface area contributed by atoms with Gasteiger partial charge in [0, 0.05) is 23.2 Å². The fraction of sp³-hybridized carbons (Fsp3) is 0.389. The number of ether oxygens (including phenoxy) is 1. The number of hydrogen-bond acceptors (Lipinski definition) is 3. The second kappa shape index (κ2) is 4.48. The van der Waals surface area contributed by atoms with Crippen LogP contribution in [0.4, 0.5) is 0 Å². The van der Waals surface area contributed by atoms with Gasteiger partial charge in [-0.3, -0.25) is 0 Å². The maximum atomic E-state index is 11.9. The van der Waals surface area contributed by atoms with Crippen LogP contribution in [0.5, 0.6) is 0 Å². The fourth-order valence-corrected chi connectivity index (χ4v) is 3.58. The lowest BCUT2D eigenvalue weighted by atomic mass is 9.84. The monoisotopic (exact) mass is 281 g/mol. The van der Waals surface area contributed by atoms with Crippen molar-refractivity contribution in [3.05, 3.63) is 53.1 Å². The van der Waals surface area contributed by atoms with Crippen LogP contribution in [-0.4, -0.2) is 30.6 Å². The van der Waals surface area contributed by atoms with Crippen LogP contribution in [0.1, 0.15) is 30.9 Å². The molecular formula is C18H19NO2. The number of benzene rings is 1. The van der Waals surface area contributed by atoms with E-state index in [0.717, 1.165) is 12.1 Å². The molecule has 1 saturated carbocycles. The first-order valence-corrected chi connectivity index (χ1v) is 7.66. The summed E-state index contributed by atoms with van der Waals surface area (Å²) >= 11 is 0. The van der Waals surface area contributed by atoms with Gasteiger partial charge in [-0.1, -0.05) is 24.3 Å². The normalized spacial score (nSPS) is 21.1. The van der Waals surface area contributed by atoms with E-state index in [9.17, 15) is 4.79 Å². The number of esters is 1. The van der Waals surface area contributed by atoms with Crippen LogP contribution in [-0.2, 0) is 14.9 Å². The van der Waals surface area contributed by atoms with Gasteiger partial charge < -0.3 is 9.64 Å². The van der Waals surface area contributed by atoms with Gasteiger partial charge in [-0.05, 0) is 37.5 Å². The summed E-state index contributed by atoms with van der Waals surface area (Å²) in [6, 6.07) is 8.71. The third-order valence-electron chi connectivity index (χ3n) is 4.80. The lowest BCUT2D eigenvalue weighted by molar-refractivity contribution is -0.138. The zero-order chi connectivity index (χ0) is 14.4. The van der Waals surface area contributed by atoms with E-state index < -0.39 is 0 Å². The highest BCUT2D eigenvalue weighted by Gasteiger charge is 2.50. The zero-order valence-corrected chi connectivity index (χ0v) is 12.3. The first kappa shape index (κ1) is 12.7. The molecule has 0 aromatic heterocycles. The topological polar surface area (TPSA) is 29.5 Å². The van der Waals surface area contributed by atoms with Gasteiger partial charge in [-0.25, -0.2) is 4.79 Å². The second-order valence-electron chi connectivity index (χ2n) is 6.15. The molecular weight excluding hydrogens is 262 g/mol. The van der Waals surface area contributed by atoms with Crippen molar-refractivity contribution < 1.29 is 9.53 Å². The van der Waals surface area contributed by atoms with Crippen LogP contribution in [0, 0.1) is 0 Å². The van der Waals surface area contributed by atoms with E-state index in [0.29, 0.717) is 18.6 Å². The summed E-state index contributed by atoms with van der Waals surface area (Å²) in [6.45, 7) is 3.96. The molecule has 0 bridgehead atoms. The first-order chi connectivity index (χ1) is 10.2. The smallest absolute Gasteiger partial charge is 0.335 e. The largest absolute Gasteiger partial charge is 0.463 e. The van der Waals surface area contributed by atoms with Crippen molar-refractivity contribution in [2.75, 3.05) is 19.7 Å². The number of allylic oxidation sites excluding steroid dienone is 2. The number of carbonyl (C=O) groups excluding carboxylic acids is 1. The number of hydrogen-bond donors (Lipinski definition) is 0. The van der Waals surface area contributed by atoms with Crippen LogP contribution in [0.3, 0.4) is 0 Å². The fourth-order valence-electron chi connectivity index (χ4n) is 3.58. The molecule has 0 radical (unpaired) electrons. The van der Waals surface area contributed by atoms with Crippen molar-refractivity contribution >= 4 is 11.7 Å². The van der Waals surface area contributed by atoms with E-state index in [1.807, 2.05) is 13.0 Å². The number of carbonyl (C=O) groups is 1. The highest BCUT2D eigenvalue weighted by atomic mass is 16.5. The van der Waals surface area contributed by atoms with Crippen LogP contribution in [0.15, 0.2) is 42.0 Å². The Morgan fingerprint density at radius 1 is 1.29 bits per heavy atom. The summed E-state index contributed by atoms with van der Waals surface area (Å²) in [4.78, 5) is 14.3. The summed E-state index contributed by atoms with van der Waals surface area (Å²) in [5.41, 5.74) is 5.15. The Labute approximate surface area is 124 Å². The van der Waals surface area contributed by atoms with Crippen molar-refractivity contribution in [1.82, 2.24) is 4.90 Å². The van der Waals surface area contributed by atoms with Gasteiger partial charge in [0.05, 0.1) is 18.7 Å². The lowest BCUT2D eigenvalue weighted by Gasteiger charge is -2.40. The van der Waals surface area contributed by atoms with Crippen molar-refractivity contribution in [1.29, 1.82) is 0 Å². The summed E-state index contributed by atoms with van der Waals surface area (Å²) in [7, 11) is 0. The van der Waals surface area contributed by atoms with Crippen LogP contribution >= 0.6 is 0 Å². The molecule has 1 aromatic rings. The van der Waals surface area contributed by atoms with Gasteiger partial charge in [0.15, 0.2) is 0 Å². The van der Waals surface area contributed by atoms with Crippen LogP contribution < -0.4 is 0 Å². The molecule has 2 aliphatic heterocycles. The van der Waals surface area contributed by atoms with Crippen LogP contribution in [0.25, 0.3) is 5.70 Å². The van der Waals surface area contributed by atoms with Gasteiger partial charge in [-0.2, -0.15) is 0 Å². The number of fused-ring (bicyclic) bond motifs is 4. The van der Waals surface area contributed by atoms with E-state index in [2.05, 4.69) is 35.2 Å². The van der Waals surface area contributed by atoms with E-state index in [1.165, 1.54) is 29.7 Å². The third kappa shape index (κ3) is 1.91. The Morgan fingerprint density at radius 3 is 2.86 bits per heavy atom. The standard InChI is InChI=1S/C18H19NO2/c1-2-21-17(20)13-7-8-16-14-5-3-4-6-15(14)18(9-10-18)12-19(16)11-13/h3-8H,2,9-12H2,1H3. The molecule has 108 valence electrons. The zero-order valence-electron chi connectivity index (χ0n) is 12.3. The Bertz CT molecular complexity index is 668. The molecule has 0 amide bonds. The Hall–Kier alpha value is -2.03. The summed E-state index contributed by atoms with van der Waals surface area (Å²) in [5.74, 6) is -0.184. The Balaban J connectivity index is 1.74. The minimum Gasteiger partial charge on any atom is -0.463 e. The molecule has 0 unspecified atom stereocenters. The van der Waals surface area contributed by atoms with Crippen LogP contribution in [0.2, 0.25) is 0 Å². The molecule has 3 nitrogen and oxygen atoms in total. The van der Waals surface area contributed by atoms with E-state index in [4.69, 9.17) is 4.74 Å². The lowest BCUT2D eigenvalue weighted by Crippen LogP contribution is -2.40. The predicted molar refractivity (Wildman–Crippen MR) is 81.6 cm³/mol. The number of rotatable bonds is 2. The molecule has 0 saturated heterocycles. The molecule has 1 fully saturated rings. The molecule has 4 rings (SSSR count). The average molecular weight is 281 g/mol. The third-order valence-corrected chi connectivity index (χ3v) is 4.80. The van der Waals surface area contributed by atoms with Crippen molar-refractivity contribution in [2.24, 2.45) is 0 Å². The Morgan fingerprint density at radius 2 is 2.10 bits per heavy atom. The first-order valence-electron chi connectivity index (χ1n) is 7.66. The van der Waals surface area contributed by atoms with Gasteiger partial charge in [0.2, 0.25) is 0 Å². The molecule has 1 aromatic carbocycles. The number of nitrogens with zero attached hydrogens (tertiary/aromatic N) is 1.